The van der Waals surface area contributed by atoms with Crippen molar-refractivity contribution < 1.29 is 14.2 Å². The molecule has 0 saturated carbocycles. The van der Waals surface area contributed by atoms with Gasteiger partial charge in [-0.3, -0.25) is 4.98 Å². The minimum absolute atomic E-state index is 0.200. The van der Waals surface area contributed by atoms with E-state index in [1.807, 2.05) is 30.3 Å². The Hall–Kier alpha value is -2.86. The maximum Gasteiger partial charge on any atom is 0.283 e. The third-order valence-corrected chi connectivity index (χ3v) is 4.89. The van der Waals surface area contributed by atoms with Crippen LogP contribution in [0.4, 0.5) is 0 Å². The number of aliphatic imine (C=N–C) groups is 1. The monoisotopic (exact) mass is 335 g/mol. The number of hydrogen-bond acceptors (Lipinski definition) is 6. The van der Waals surface area contributed by atoms with Gasteiger partial charge in [-0.25, -0.2) is 4.99 Å². The van der Waals surface area contributed by atoms with Crippen LogP contribution in [0.5, 0.6) is 11.5 Å². The van der Waals surface area contributed by atoms with E-state index in [1.54, 1.807) is 6.20 Å². The first kappa shape index (κ1) is 14.5. The minimum Gasteiger partial charge on any atom is -0.462 e. The molecule has 1 aromatic carbocycles. The van der Waals surface area contributed by atoms with Crippen LogP contribution in [0.1, 0.15) is 23.2 Å². The van der Waals surface area contributed by atoms with Gasteiger partial charge in [0.15, 0.2) is 11.3 Å². The number of pyridine rings is 1. The van der Waals surface area contributed by atoms with Crippen molar-refractivity contribution >= 4 is 11.6 Å². The lowest BCUT2D eigenvalue weighted by Gasteiger charge is -2.34. The standard InChI is InChI=1S/C19H17N3O3/c20-18-22-19(11-24-18)13-3-1-2-4-15(13)25-17-14(19)5-8-21-16(17)12-6-9-23-10-7-12/h1-6,8H,7,9-11H2,(H2,20,22). The lowest BCUT2D eigenvalue weighted by atomic mass is 9.81. The summed E-state index contributed by atoms with van der Waals surface area (Å²) in [5.74, 6) is 1.50. The Morgan fingerprint density at radius 1 is 1.12 bits per heavy atom. The van der Waals surface area contributed by atoms with Gasteiger partial charge >= 0.3 is 0 Å². The van der Waals surface area contributed by atoms with Gasteiger partial charge in [0.1, 0.15) is 18.1 Å². The molecule has 0 radical (unpaired) electrons. The summed E-state index contributed by atoms with van der Waals surface area (Å²) in [5, 5.41) is 0. The van der Waals surface area contributed by atoms with Gasteiger partial charge in [-0.15, -0.1) is 0 Å². The van der Waals surface area contributed by atoms with Crippen molar-refractivity contribution in [2.45, 2.75) is 12.0 Å². The van der Waals surface area contributed by atoms with Crippen LogP contribution in [0, 0.1) is 0 Å². The molecule has 1 spiro atoms. The molecule has 6 heteroatoms. The molecule has 0 amide bonds. The van der Waals surface area contributed by atoms with E-state index in [4.69, 9.17) is 19.9 Å². The van der Waals surface area contributed by atoms with Gasteiger partial charge in [-0.05, 0) is 24.1 Å². The van der Waals surface area contributed by atoms with Crippen LogP contribution in [0.2, 0.25) is 0 Å². The molecule has 0 saturated heterocycles. The quantitative estimate of drug-likeness (QED) is 0.866. The third kappa shape index (κ3) is 2.07. The van der Waals surface area contributed by atoms with Crippen LogP contribution in [0.3, 0.4) is 0 Å². The van der Waals surface area contributed by atoms with E-state index in [0.29, 0.717) is 19.8 Å². The van der Waals surface area contributed by atoms with Gasteiger partial charge in [0, 0.05) is 17.3 Å². The number of para-hydroxylation sites is 1. The van der Waals surface area contributed by atoms with Crippen molar-refractivity contribution in [2.24, 2.45) is 10.7 Å². The van der Waals surface area contributed by atoms with Crippen LogP contribution in [-0.2, 0) is 15.0 Å². The summed E-state index contributed by atoms with van der Waals surface area (Å²) >= 11 is 0. The smallest absolute Gasteiger partial charge is 0.283 e. The van der Waals surface area contributed by atoms with Crippen molar-refractivity contribution in [1.82, 2.24) is 4.98 Å². The largest absolute Gasteiger partial charge is 0.462 e. The fraction of sp³-hybridized carbons (Fsp3) is 0.263. The molecule has 126 valence electrons. The zero-order chi connectivity index (χ0) is 16.9. The number of amidine groups is 1. The van der Waals surface area contributed by atoms with Gasteiger partial charge in [-0.1, -0.05) is 24.3 Å². The average Bonchev–Trinajstić information content (AvgIpc) is 3.05. The van der Waals surface area contributed by atoms with Gasteiger partial charge in [0.05, 0.1) is 13.2 Å². The molecule has 25 heavy (non-hydrogen) atoms. The number of aromatic nitrogens is 1. The molecule has 5 rings (SSSR count). The molecule has 2 N–H and O–H groups in total. The molecule has 0 bridgehead atoms. The van der Waals surface area contributed by atoms with Crippen molar-refractivity contribution in [2.75, 3.05) is 19.8 Å². The summed E-state index contributed by atoms with van der Waals surface area (Å²) < 4.78 is 17.3. The van der Waals surface area contributed by atoms with Crippen molar-refractivity contribution in [3.63, 3.8) is 0 Å². The highest BCUT2D eigenvalue weighted by Crippen LogP contribution is 2.52. The SMILES string of the molecule is NC1=NC2(CO1)c1ccccc1Oc1c2ccnc1C1=CCOCC1. The molecule has 1 atom stereocenters. The molecule has 6 nitrogen and oxygen atoms in total. The molecular formula is C19H17N3O3. The number of rotatable bonds is 1. The second-order valence-electron chi connectivity index (χ2n) is 6.29. The Bertz CT molecular complexity index is 922. The van der Waals surface area contributed by atoms with Gasteiger partial charge in [-0.2, -0.15) is 0 Å². The van der Waals surface area contributed by atoms with Crippen LogP contribution in [0.15, 0.2) is 47.6 Å². The molecule has 3 aliphatic heterocycles. The molecule has 1 aromatic heterocycles. The molecular weight excluding hydrogens is 318 g/mol. The molecule has 0 fully saturated rings. The zero-order valence-electron chi connectivity index (χ0n) is 13.6. The third-order valence-electron chi connectivity index (χ3n) is 4.89. The van der Waals surface area contributed by atoms with Crippen LogP contribution in [-0.4, -0.2) is 30.8 Å². The summed E-state index contributed by atoms with van der Waals surface area (Å²) in [5.41, 5.74) is 9.07. The summed E-state index contributed by atoms with van der Waals surface area (Å²) in [4.78, 5) is 9.26. The number of nitrogens with zero attached hydrogens (tertiary/aromatic N) is 2. The maximum atomic E-state index is 6.27. The van der Waals surface area contributed by atoms with E-state index in [-0.39, 0.29) is 6.02 Å². The summed E-state index contributed by atoms with van der Waals surface area (Å²) in [6.07, 6.45) is 4.67. The zero-order valence-corrected chi connectivity index (χ0v) is 13.6. The van der Waals surface area contributed by atoms with E-state index in [9.17, 15) is 0 Å². The number of benzene rings is 1. The molecule has 3 aliphatic rings. The molecule has 1 unspecified atom stereocenters. The lowest BCUT2D eigenvalue weighted by Crippen LogP contribution is -2.31. The second-order valence-corrected chi connectivity index (χ2v) is 6.29. The predicted octanol–water partition coefficient (Wildman–Crippen LogP) is 2.58. The second kappa shape index (κ2) is 5.32. The highest BCUT2D eigenvalue weighted by molar-refractivity contribution is 5.78. The Labute approximate surface area is 144 Å². The highest BCUT2D eigenvalue weighted by atomic mass is 16.5. The fourth-order valence-corrected chi connectivity index (χ4v) is 3.71. The Balaban J connectivity index is 1.76. The van der Waals surface area contributed by atoms with Crippen molar-refractivity contribution in [3.8, 4) is 11.5 Å². The Morgan fingerprint density at radius 2 is 2.04 bits per heavy atom. The number of ether oxygens (including phenoxy) is 3. The first-order valence-electron chi connectivity index (χ1n) is 8.30. The van der Waals surface area contributed by atoms with Gasteiger partial charge in [0.25, 0.3) is 6.02 Å². The summed E-state index contributed by atoms with van der Waals surface area (Å²) in [6, 6.07) is 10.0. The Kier molecular flexibility index (Phi) is 3.08. The first-order chi connectivity index (χ1) is 12.3. The van der Waals surface area contributed by atoms with Crippen molar-refractivity contribution in [3.05, 3.63) is 59.4 Å². The van der Waals surface area contributed by atoms with E-state index >= 15 is 0 Å². The normalized spacial score (nSPS) is 23.8. The predicted molar refractivity (Wildman–Crippen MR) is 92.5 cm³/mol. The van der Waals surface area contributed by atoms with Crippen LogP contribution >= 0.6 is 0 Å². The van der Waals surface area contributed by atoms with E-state index < -0.39 is 5.54 Å². The highest BCUT2D eigenvalue weighted by Gasteiger charge is 2.47. The van der Waals surface area contributed by atoms with E-state index in [0.717, 1.165) is 40.3 Å². The van der Waals surface area contributed by atoms with E-state index in [1.165, 1.54) is 0 Å². The van der Waals surface area contributed by atoms with E-state index in [2.05, 4.69) is 16.1 Å². The first-order valence-corrected chi connectivity index (χ1v) is 8.30. The molecule has 4 heterocycles. The average molecular weight is 335 g/mol. The Morgan fingerprint density at radius 3 is 2.84 bits per heavy atom. The summed E-state index contributed by atoms with van der Waals surface area (Å²) in [7, 11) is 0. The topological polar surface area (TPSA) is 79.0 Å². The lowest BCUT2D eigenvalue weighted by molar-refractivity contribution is 0.161. The number of nitrogens with two attached hydrogens (primary N) is 1. The summed E-state index contributed by atoms with van der Waals surface area (Å²) in [6.45, 7) is 1.64. The van der Waals surface area contributed by atoms with Crippen LogP contribution in [0.25, 0.3) is 5.57 Å². The van der Waals surface area contributed by atoms with Crippen molar-refractivity contribution in [1.29, 1.82) is 0 Å². The minimum atomic E-state index is -0.683. The number of fused-ring (bicyclic) bond motifs is 4. The van der Waals surface area contributed by atoms with Gasteiger partial charge in [0.2, 0.25) is 0 Å². The molecule has 2 aromatic rings. The maximum absolute atomic E-state index is 6.27. The van der Waals surface area contributed by atoms with Gasteiger partial charge < -0.3 is 19.9 Å². The molecule has 0 aliphatic carbocycles. The van der Waals surface area contributed by atoms with Crippen LogP contribution < -0.4 is 10.5 Å². The fourth-order valence-electron chi connectivity index (χ4n) is 3.71. The number of hydrogen-bond donors (Lipinski definition) is 1.